The van der Waals surface area contributed by atoms with Gasteiger partial charge in [-0.05, 0) is 30.0 Å². The van der Waals surface area contributed by atoms with Gasteiger partial charge < -0.3 is 0 Å². The van der Waals surface area contributed by atoms with Gasteiger partial charge in [0.1, 0.15) is 0 Å². The van der Waals surface area contributed by atoms with Gasteiger partial charge in [0.2, 0.25) is 10.0 Å². The molecule has 1 aromatic heterocycles. The number of hydrogen-bond acceptors (Lipinski definition) is 5. The molecule has 26 heavy (non-hydrogen) atoms. The third kappa shape index (κ3) is 4.69. The zero-order valence-electron chi connectivity index (χ0n) is 14.4. The summed E-state index contributed by atoms with van der Waals surface area (Å²) in [5.74, 6) is -0.347. The average Bonchev–Trinajstić information content (AvgIpc) is 3.01. The minimum Gasteiger partial charge on any atom is -0.264 e. The van der Waals surface area contributed by atoms with E-state index in [4.69, 9.17) is 0 Å². The Balaban J connectivity index is 1.81. The molecule has 0 N–H and O–H groups in total. The molecule has 0 bridgehead atoms. The quantitative estimate of drug-likeness (QED) is 0.713. The molecule has 1 aromatic carbocycles. The lowest BCUT2D eigenvalue weighted by Crippen LogP contribution is -2.40. The predicted octanol–water partition coefficient (Wildman–Crippen LogP) is 1.64. The van der Waals surface area contributed by atoms with Crippen molar-refractivity contribution in [3.05, 3.63) is 66.0 Å². The van der Waals surface area contributed by atoms with Crippen molar-refractivity contribution in [1.82, 2.24) is 9.29 Å². The number of aromatic nitrogens is 1. The number of sulfonamides is 1. The average molecular weight is 395 g/mol. The van der Waals surface area contributed by atoms with Crippen molar-refractivity contribution < 1.29 is 16.8 Å². The molecule has 8 heteroatoms. The van der Waals surface area contributed by atoms with Crippen molar-refractivity contribution in [2.24, 2.45) is 0 Å². The summed E-state index contributed by atoms with van der Waals surface area (Å²) in [7, 11) is -6.98. The first-order valence-corrected chi connectivity index (χ1v) is 11.8. The topological polar surface area (TPSA) is 84.4 Å². The Morgan fingerprint density at radius 2 is 1.81 bits per heavy atom. The second-order valence-corrected chi connectivity index (χ2v) is 10.9. The van der Waals surface area contributed by atoms with Crippen molar-refractivity contribution in [3.63, 3.8) is 0 Å². The Morgan fingerprint density at radius 3 is 2.42 bits per heavy atom. The summed E-state index contributed by atoms with van der Waals surface area (Å²) < 4.78 is 51.1. The van der Waals surface area contributed by atoms with Gasteiger partial charge in [0, 0.05) is 25.5 Å². The summed E-state index contributed by atoms with van der Waals surface area (Å²) in [5.41, 5.74) is 1.82. The fourth-order valence-electron chi connectivity index (χ4n) is 3.10. The van der Waals surface area contributed by atoms with E-state index in [1.165, 1.54) is 4.31 Å². The summed E-state index contributed by atoms with van der Waals surface area (Å²) in [6.45, 7) is 0.497. The van der Waals surface area contributed by atoms with Gasteiger partial charge >= 0.3 is 0 Å². The molecular weight excluding hydrogens is 372 g/mol. The molecule has 1 aliphatic heterocycles. The van der Waals surface area contributed by atoms with Crippen LogP contribution in [0.25, 0.3) is 0 Å². The van der Waals surface area contributed by atoms with Gasteiger partial charge in [0.25, 0.3) is 0 Å². The van der Waals surface area contributed by atoms with Crippen LogP contribution in [0.4, 0.5) is 0 Å². The van der Waals surface area contributed by atoms with Crippen LogP contribution in [0, 0.1) is 0 Å². The van der Waals surface area contributed by atoms with Crippen LogP contribution in [-0.2, 0) is 32.8 Å². The molecule has 2 heterocycles. The summed E-state index contributed by atoms with van der Waals surface area (Å²) >= 11 is 0. The molecule has 0 amide bonds. The van der Waals surface area contributed by atoms with E-state index in [0.29, 0.717) is 13.0 Å². The molecule has 2 aromatic rings. The Hall–Kier alpha value is -1.77. The number of pyridine rings is 1. The lowest BCUT2D eigenvalue weighted by molar-refractivity contribution is 0.403. The number of benzene rings is 1. The first kappa shape index (κ1) is 19.0. The molecule has 6 nitrogen and oxygen atoms in total. The zero-order valence-corrected chi connectivity index (χ0v) is 16.0. The number of sulfone groups is 1. The van der Waals surface area contributed by atoms with Gasteiger partial charge in [-0.2, -0.15) is 4.31 Å². The number of nitrogens with zero attached hydrogens (tertiary/aromatic N) is 2. The molecule has 1 atom stereocenters. The molecular formula is C18H22N2O4S2. The standard InChI is InChI=1S/C18H22N2O4S2/c21-25(22)12-9-18(15-25)26(23,24)20(14-17-7-4-10-19-13-17)11-8-16-5-2-1-3-6-16/h1-7,10,13,18H,8-9,11-12,14-15H2. The van der Waals surface area contributed by atoms with E-state index in [2.05, 4.69) is 4.98 Å². The highest BCUT2D eigenvalue weighted by Gasteiger charge is 2.40. The van der Waals surface area contributed by atoms with Crippen molar-refractivity contribution in [3.8, 4) is 0 Å². The van der Waals surface area contributed by atoms with Gasteiger partial charge in [-0.25, -0.2) is 16.8 Å². The summed E-state index contributed by atoms with van der Waals surface area (Å²) in [4.78, 5) is 4.04. The van der Waals surface area contributed by atoms with E-state index in [1.54, 1.807) is 18.5 Å². The maximum absolute atomic E-state index is 13.1. The van der Waals surface area contributed by atoms with Crippen molar-refractivity contribution in [2.75, 3.05) is 18.1 Å². The minimum atomic E-state index is -3.71. The summed E-state index contributed by atoms with van der Waals surface area (Å²) in [6.07, 6.45) is 4.01. The van der Waals surface area contributed by atoms with Crippen LogP contribution in [0.2, 0.25) is 0 Å². The number of hydrogen-bond donors (Lipinski definition) is 0. The summed E-state index contributed by atoms with van der Waals surface area (Å²) in [6, 6.07) is 13.2. The van der Waals surface area contributed by atoms with Crippen LogP contribution in [0.5, 0.6) is 0 Å². The van der Waals surface area contributed by atoms with Gasteiger partial charge in [-0.15, -0.1) is 0 Å². The maximum Gasteiger partial charge on any atom is 0.218 e. The fourth-order valence-corrected chi connectivity index (χ4v) is 7.61. The van der Waals surface area contributed by atoms with Crippen molar-refractivity contribution in [2.45, 2.75) is 24.6 Å². The highest BCUT2D eigenvalue weighted by atomic mass is 32.2. The zero-order chi connectivity index (χ0) is 18.6. The Labute approximate surface area is 154 Å². The van der Waals surface area contributed by atoms with E-state index >= 15 is 0 Å². The largest absolute Gasteiger partial charge is 0.264 e. The second-order valence-electron chi connectivity index (χ2n) is 6.50. The summed E-state index contributed by atoms with van der Waals surface area (Å²) in [5, 5.41) is -0.861. The molecule has 1 unspecified atom stereocenters. The van der Waals surface area contributed by atoms with Gasteiger partial charge in [0.05, 0.1) is 16.8 Å². The molecule has 1 fully saturated rings. The highest BCUT2D eigenvalue weighted by Crippen LogP contribution is 2.24. The molecule has 1 aliphatic rings. The SMILES string of the molecule is O=S1(=O)CCC(S(=O)(=O)N(CCc2ccccc2)Cc2cccnc2)C1. The molecule has 0 saturated carbocycles. The third-order valence-corrected chi connectivity index (χ3v) is 8.80. The molecule has 140 valence electrons. The predicted molar refractivity (Wildman–Crippen MR) is 101 cm³/mol. The van der Waals surface area contributed by atoms with Gasteiger partial charge in [-0.1, -0.05) is 36.4 Å². The van der Waals surface area contributed by atoms with Crippen LogP contribution >= 0.6 is 0 Å². The monoisotopic (exact) mass is 394 g/mol. The second kappa shape index (κ2) is 7.85. The van der Waals surface area contributed by atoms with Crippen LogP contribution in [0.3, 0.4) is 0 Å². The smallest absolute Gasteiger partial charge is 0.218 e. The maximum atomic E-state index is 13.1. The molecule has 0 aliphatic carbocycles. The van der Waals surface area contributed by atoms with Crippen LogP contribution < -0.4 is 0 Å². The lowest BCUT2D eigenvalue weighted by atomic mass is 10.1. The Kier molecular flexibility index (Phi) is 5.74. The van der Waals surface area contributed by atoms with E-state index < -0.39 is 25.1 Å². The van der Waals surface area contributed by atoms with Crippen LogP contribution in [0.15, 0.2) is 54.9 Å². The van der Waals surface area contributed by atoms with Gasteiger partial charge in [0.15, 0.2) is 9.84 Å². The Morgan fingerprint density at radius 1 is 1.08 bits per heavy atom. The Bertz CT molecular complexity index is 930. The molecule has 1 saturated heterocycles. The van der Waals surface area contributed by atoms with E-state index in [0.717, 1.165) is 11.1 Å². The van der Waals surface area contributed by atoms with E-state index in [9.17, 15) is 16.8 Å². The van der Waals surface area contributed by atoms with Crippen molar-refractivity contribution in [1.29, 1.82) is 0 Å². The number of rotatable bonds is 7. The first-order valence-electron chi connectivity index (χ1n) is 8.49. The lowest BCUT2D eigenvalue weighted by Gasteiger charge is -2.25. The molecule has 0 spiro atoms. The molecule has 0 radical (unpaired) electrons. The highest BCUT2D eigenvalue weighted by molar-refractivity contribution is 7.95. The first-order chi connectivity index (χ1) is 12.4. The molecule has 3 rings (SSSR count). The van der Waals surface area contributed by atoms with E-state index in [-0.39, 0.29) is 24.5 Å². The normalized spacial score (nSPS) is 19.7. The third-order valence-electron chi connectivity index (χ3n) is 4.55. The van der Waals surface area contributed by atoms with Crippen LogP contribution in [0.1, 0.15) is 17.5 Å². The van der Waals surface area contributed by atoms with Gasteiger partial charge in [-0.3, -0.25) is 4.98 Å². The van der Waals surface area contributed by atoms with Crippen molar-refractivity contribution >= 4 is 19.9 Å². The minimum absolute atomic E-state index is 0.0592. The van der Waals surface area contributed by atoms with E-state index in [1.807, 2.05) is 36.4 Å². The van der Waals surface area contributed by atoms with Crippen LogP contribution in [-0.4, -0.2) is 49.4 Å². The fraction of sp³-hybridized carbons (Fsp3) is 0.389.